The van der Waals surface area contributed by atoms with Crippen molar-refractivity contribution in [2.24, 2.45) is 5.73 Å². The first-order valence-corrected chi connectivity index (χ1v) is 7.06. The molecule has 0 bridgehead atoms. The molecule has 20 heavy (non-hydrogen) atoms. The Hall–Kier alpha value is -1.60. The fourth-order valence-electron chi connectivity index (χ4n) is 1.37. The summed E-state index contributed by atoms with van der Waals surface area (Å²) in [6, 6.07) is 3.72. The Balaban J connectivity index is 2.37. The first kappa shape index (κ1) is 16.5. The van der Waals surface area contributed by atoms with Gasteiger partial charge >= 0.3 is 5.97 Å². The number of benzene rings is 1. The number of rotatable bonds is 6. The normalized spacial score (nSPS) is 11.8. The standard InChI is InChI=1S/C13H17FN2O3S/c1-8-3-4-9(5-10(8)14)16-12(17)7-20-6-11(15)13(18)19-2/h3-5,11H,6-7,15H2,1-2H3,(H,16,17). The first-order chi connectivity index (χ1) is 9.43. The van der Waals surface area contributed by atoms with Crippen LogP contribution in [0.15, 0.2) is 18.2 Å². The molecule has 110 valence electrons. The molecule has 0 saturated carbocycles. The molecule has 1 aromatic carbocycles. The molecule has 0 aliphatic carbocycles. The van der Waals surface area contributed by atoms with E-state index in [0.717, 1.165) is 0 Å². The monoisotopic (exact) mass is 300 g/mol. The average molecular weight is 300 g/mol. The molecule has 1 amide bonds. The second kappa shape index (κ2) is 7.86. The quantitative estimate of drug-likeness (QED) is 0.774. The molecule has 0 fully saturated rings. The molecule has 1 atom stereocenters. The topological polar surface area (TPSA) is 81.4 Å². The summed E-state index contributed by atoms with van der Waals surface area (Å²) < 4.78 is 17.8. The summed E-state index contributed by atoms with van der Waals surface area (Å²) in [5, 5.41) is 2.57. The van der Waals surface area contributed by atoms with E-state index in [1.54, 1.807) is 19.1 Å². The van der Waals surface area contributed by atoms with E-state index < -0.39 is 12.0 Å². The highest BCUT2D eigenvalue weighted by atomic mass is 32.2. The predicted octanol–water partition coefficient (Wildman–Crippen LogP) is 1.31. The van der Waals surface area contributed by atoms with Gasteiger partial charge in [-0.25, -0.2) is 4.39 Å². The van der Waals surface area contributed by atoms with E-state index in [1.165, 1.54) is 24.9 Å². The Morgan fingerprint density at radius 1 is 1.50 bits per heavy atom. The van der Waals surface area contributed by atoms with Gasteiger partial charge < -0.3 is 15.8 Å². The van der Waals surface area contributed by atoms with Gasteiger partial charge in [-0.2, -0.15) is 0 Å². The highest BCUT2D eigenvalue weighted by Crippen LogP contribution is 2.14. The van der Waals surface area contributed by atoms with Gasteiger partial charge in [-0.15, -0.1) is 11.8 Å². The third kappa shape index (κ3) is 5.18. The van der Waals surface area contributed by atoms with E-state index in [0.29, 0.717) is 11.3 Å². The van der Waals surface area contributed by atoms with E-state index in [2.05, 4.69) is 10.1 Å². The van der Waals surface area contributed by atoms with Crippen molar-refractivity contribution in [2.45, 2.75) is 13.0 Å². The third-order valence-corrected chi connectivity index (χ3v) is 3.55. The molecule has 0 aliphatic rings. The van der Waals surface area contributed by atoms with Gasteiger partial charge in [0.1, 0.15) is 11.9 Å². The number of nitrogens with one attached hydrogen (secondary N) is 1. The molecule has 0 saturated heterocycles. The van der Waals surface area contributed by atoms with Gasteiger partial charge in [0.25, 0.3) is 0 Å². The second-order valence-electron chi connectivity index (χ2n) is 4.16. The zero-order valence-electron chi connectivity index (χ0n) is 11.3. The smallest absolute Gasteiger partial charge is 0.323 e. The lowest BCUT2D eigenvalue weighted by Crippen LogP contribution is -2.34. The Bertz CT molecular complexity index is 497. The number of ether oxygens (including phenoxy) is 1. The van der Waals surface area contributed by atoms with Crippen molar-refractivity contribution in [3.63, 3.8) is 0 Å². The molecule has 7 heteroatoms. The molecule has 1 rings (SSSR count). The van der Waals surface area contributed by atoms with E-state index in [4.69, 9.17) is 5.73 Å². The zero-order valence-corrected chi connectivity index (χ0v) is 12.1. The van der Waals surface area contributed by atoms with Gasteiger partial charge in [-0.1, -0.05) is 6.07 Å². The lowest BCUT2D eigenvalue weighted by Gasteiger charge is -2.09. The summed E-state index contributed by atoms with van der Waals surface area (Å²) in [4.78, 5) is 22.7. The maximum absolute atomic E-state index is 13.3. The van der Waals surface area contributed by atoms with Crippen molar-refractivity contribution in [1.82, 2.24) is 0 Å². The Morgan fingerprint density at radius 2 is 2.20 bits per heavy atom. The van der Waals surface area contributed by atoms with Crippen LogP contribution < -0.4 is 11.1 Å². The van der Waals surface area contributed by atoms with Gasteiger partial charge in [0.15, 0.2) is 0 Å². The van der Waals surface area contributed by atoms with Crippen LogP contribution in [0.3, 0.4) is 0 Å². The van der Waals surface area contributed by atoms with Crippen LogP contribution in [-0.2, 0) is 14.3 Å². The molecule has 3 N–H and O–H groups in total. The molecule has 0 aromatic heterocycles. The number of thioether (sulfide) groups is 1. The summed E-state index contributed by atoms with van der Waals surface area (Å²) in [7, 11) is 1.26. The molecule has 5 nitrogen and oxygen atoms in total. The summed E-state index contributed by atoms with van der Waals surface area (Å²) in [6.45, 7) is 1.64. The van der Waals surface area contributed by atoms with Crippen molar-refractivity contribution in [2.75, 3.05) is 23.9 Å². The number of nitrogens with two attached hydrogens (primary N) is 1. The fourth-order valence-corrected chi connectivity index (χ4v) is 2.13. The molecule has 0 spiro atoms. The number of amides is 1. The van der Waals surface area contributed by atoms with Gasteiger partial charge in [0.05, 0.1) is 12.9 Å². The average Bonchev–Trinajstić information content (AvgIpc) is 2.41. The number of hydrogen-bond donors (Lipinski definition) is 2. The second-order valence-corrected chi connectivity index (χ2v) is 5.19. The number of anilines is 1. The number of carbonyl (C=O) groups excluding carboxylic acids is 2. The summed E-state index contributed by atoms with van der Waals surface area (Å²) in [6.07, 6.45) is 0. The number of esters is 1. The van der Waals surface area contributed by atoms with Crippen molar-refractivity contribution in [3.05, 3.63) is 29.6 Å². The maximum atomic E-state index is 13.3. The summed E-state index contributed by atoms with van der Waals surface area (Å²) in [5.41, 5.74) is 6.44. The van der Waals surface area contributed by atoms with Crippen LogP contribution in [0.2, 0.25) is 0 Å². The molecule has 0 heterocycles. The lowest BCUT2D eigenvalue weighted by molar-refractivity contribution is -0.141. The highest BCUT2D eigenvalue weighted by Gasteiger charge is 2.14. The molecular formula is C13H17FN2O3S. The number of aryl methyl sites for hydroxylation is 1. The van der Waals surface area contributed by atoms with Crippen LogP contribution in [0, 0.1) is 12.7 Å². The lowest BCUT2D eigenvalue weighted by atomic mass is 10.2. The number of carbonyl (C=O) groups is 2. The molecule has 0 aliphatic heterocycles. The Labute approximate surface area is 121 Å². The SMILES string of the molecule is COC(=O)C(N)CSCC(=O)Nc1ccc(C)c(F)c1. The van der Waals surface area contributed by atoms with Crippen LogP contribution in [-0.4, -0.2) is 36.5 Å². The molecular weight excluding hydrogens is 283 g/mol. The van der Waals surface area contributed by atoms with Crippen molar-refractivity contribution in [3.8, 4) is 0 Å². The minimum Gasteiger partial charge on any atom is -0.468 e. The number of halogens is 1. The zero-order chi connectivity index (χ0) is 15.1. The number of hydrogen-bond acceptors (Lipinski definition) is 5. The van der Waals surface area contributed by atoms with Gasteiger partial charge in [0.2, 0.25) is 5.91 Å². The van der Waals surface area contributed by atoms with Crippen molar-refractivity contribution >= 4 is 29.3 Å². The van der Waals surface area contributed by atoms with Crippen LogP contribution in [0.25, 0.3) is 0 Å². The van der Waals surface area contributed by atoms with Crippen LogP contribution >= 0.6 is 11.8 Å². The van der Waals surface area contributed by atoms with Crippen LogP contribution in [0.5, 0.6) is 0 Å². The summed E-state index contributed by atoms with van der Waals surface area (Å²) >= 11 is 1.21. The van der Waals surface area contributed by atoms with Crippen LogP contribution in [0.1, 0.15) is 5.56 Å². The minimum atomic E-state index is -0.755. The van der Waals surface area contributed by atoms with Gasteiger partial charge in [-0.05, 0) is 24.6 Å². The van der Waals surface area contributed by atoms with Gasteiger partial charge in [0, 0.05) is 11.4 Å². The minimum absolute atomic E-state index is 0.125. The fraction of sp³-hybridized carbons (Fsp3) is 0.385. The van der Waals surface area contributed by atoms with E-state index in [1.807, 2.05) is 0 Å². The molecule has 1 unspecified atom stereocenters. The molecule has 0 radical (unpaired) electrons. The Kier molecular flexibility index (Phi) is 6.47. The van der Waals surface area contributed by atoms with Crippen LogP contribution in [0.4, 0.5) is 10.1 Å². The first-order valence-electron chi connectivity index (χ1n) is 5.91. The highest BCUT2D eigenvalue weighted by molar-refractivity contribution is 8.00. The van der Waals surface area contributed by atoms with E-state index >= 15 is 0 Å². The number of methoxy groups -OCH3 is 1. The van der Waals surface area contributed by atoms with Crippen molar-refractivity contribution in [1.29, 1.82) is 0 Å². The van der Waals surface area contributed by atoms with Crippen molar-refractivity contribution < 1.29 is 18.7 Å². The summed E-state index contributed by atoms with van der Waals surface area (Å²) in [5.74, 6) is -0.764. The van der Waals surface area contributed by atoms with Gasteiger partial charge in [-0.3, -0.25) is 9.59 Å². The van der Waals surface area contributed by atoms with E-state index in [9.17, 15) is 14.0 Å². The van der Waals surface area contributed by atoms with E-state index in [-0.39, 0.29) is 23.2 Å². The Morgan fingerprint density at radius 3 is 2.80 bits per heavy atom. The third-order valence-electron chi connectivity index (χ3n) is 2.49. The molecule has 1 aromatic rings. The maximum Gasteiger partial charge on any atom is 0.323 e. The predicted molar refractivity (Wildman–Crippen MR) is 77.1 cm³/mol. The largest absolute Gasteiger partial charge is 0.468 e.